The van der Waals surface area contributed by atoms with Crippen LogP contribution in [-0.2, 0) is 4.74 Å². The summed E-state index contributed by atoms with van der Waals surface area (Å²) < 4.78 is 10.9. The molecule has 2 aromatic carbocycles. The molecule has 2 nitrogen and oxygen atoms in total. The van der Waals surface area contributed by atoms with Crippen molar-refractivity contribution in [1.29, 1.82) is 0 Å². The van der Waals surface area contributed by atoms with Crippen molar-refractivity contribution in [1.82, 2.24) is 0 Å². The Morgan fingerprint density at radius 3 is 2.50 bits per heavy atom. The summed E-state index contributed by atoms with van der Waals surface area (Å²) in [6.07, 6.45) is 0.671. The van der Waals surface area contributed by atoms with E-state index in [2.05, 4.69) is 18.2 Å². The van der Waals surface area contributed by atoms with E-state index >= 15 is 0 Å². The zero-order valence-electron chi connectivity index (χ0n) is 9.64. The number of hydrogen-bond donors (Lipinski definition) is 0. The summed E-state index contributed by atoms with van der Waals surface area (Å²) >= 11 is 0. The van der Waals surface area contributed by atoms with Gasteiger partial charge in [-0.1, -0.05) is 37.3 Å². The minimum atomic E-state index is -0.166. The second kappa shape index (κ2) is 4.99. The van der Waals surface area contributed by atoms with Gasteiger partial charge in [0.1, 0.15) is 5.75 Å². The second-order valence-electron chi connectivity index (χ2n) is 3.70. The standard InChI is InChI=1S/C14H16O2/c1-3-14(15-2)16-13-9-8-11-6-4-5-7-12(11)10-13/h4-10,14H,3H2,1-2H3. The third-order valence-corrected chi connectivity index (χ3v) is 2.58. The predicted octanol–water partition coefficient (Wildman–Crippen LogP) is 3.60. The van der Waals surface area contributed by atoms with Crippen LogP contribution >= 0.6 is 0 Å². The second-order valence-corrected chi connectivity index (χ2v) is 3.70. The van der Waals surface area contributed by atoms with Crippen molar-refractivity contribution in [2.75, 3.05) is 7.11 Å². The Morgan fingerprint density at radius 1 is 1.06 bits per heavy atom. The summed E-state index contributed by atoms with van der Waals surface area (Å²) in [6, 6.07) is 14.3. The maximum Gasteiger partial charge on any atom is 0.199 e. The van der Waals surface area contributed by atoms with Gasteiger partial charge in [0, 0.05) is 13.5 Å². The van der Waals surface area contributed by atoms with E-state index in [9.17, 15) is 0 Å². The summed E-state index contributed by atoms with van der Waals surface area (Å²) in [5.41, 5.74) is 0. The molecule has 0 aliphatic carbocycles. The Hall–Kier alpha value is -1.54. The van der Waals surface area contributed by atoms with Gasteiger partial charge in [0.2, 0.25) is 0 Å². The van der Waals surface area contributed by atoms with Crippen molar-refractivity contribution in [3.8, 4) is 5.75 Å². The van der Waals surface area contributed by atoms with Crippen LogP contribution in [0.25, 0.3) is 10.8 Å². The van der Waals surface area contributed by atoms with E-state index in [1.54, 1.807) is 7.11 Å². The molecule has 2 aromatic rings. The first-order chi connectivity index (χ1) is 7.83. The SMILES string of the molecule is CCC(OC)Oc1ccc2ccccc2c1. The third kappa shape index (κ3) is 2.34. The molecule has 0 amide bonds. The fourth-order valence-electron chi connectivity index (χ4n) is 1.69. The molecule has 2 rings (SSSR count). The van der Waals surface area contributed by atoms with E-state index in [0.717, 1.165) is 12.2 Å². The molecule has 0 bridgehead atoms. The van der Waals surface area contributed by atoms with Gasteiger partial charge in [-0.3, -0.25) is 0 Å². The van der Waals surface area contributed by atoms with E-state index in [1.807, 2.05) is 31.2 Å². The highest BCUT2D eigenvalue weighted by atomic mass is 16.7. The van der Waals surface area contributed by atoms with Gasteiger partial charge in [0.15, 0.2) is 6.29 Å². The van der Waals surface area contributed by atoms with Gasteiger partial charge in [-0.25, -0.2) is 0 Å². The fourth-order valence-corrected chi connectivity index (χ4v) is 1.69. The molecule has 0 N–H and O–H groups in total. The first-order valence-corrected chi connectivity index (χ1v) is 5.51. The summed E-state index contributed by atoms with van der Waals surface area (Å²) in [4.78, 5) is 0. The van der Waals surface area contributed by atoms with E-state index in [-0.39, 0.29) is 6.29 Å². The molecular weight excluding hydrogens is 200 g/mol. The van der Waals surface area contributed by atoms with Crippen LogP contribution in [0.5, 0.6) is 5.75 Å². The molecule has 0 saturated carbocycles. The normalized spacial score (nSPS) is 12.6. The van der Waals surface area contributed by atoms with Crippen molar-refractivity contribution in [3.63, 3.8) is 0 Å². The molecule has 84 valence electrons. The molecule has 0 spiro atoms. The van der Waals surface area contributed by atoms with Crippen molar-refractivity contribution < 1.29 is 9.47 Å². The molecule has 0 heterocycles. The molecule has 0 fully saturated rings. The van der Waals surface area contributed by atoms with Crippen LogP contribution < -0.4 is 4.74 Å². The zero-order valence-corrected chi connectivity index (χ0v) is 9.64. The van der Waals surface area contributed by atoms with Crippen molar-refractivity contribution in [3.05, 3.63) is 42.5 Å². The molecule has 1 atom stereocenters. The quantitative estimate of drug-likeness (QED) is 0.727. The Bertz CT molecular complexity index is 461. The topological polar surface area (TPSA) is 18.5 Å². The number of hydrogen-bond acceptors (Lipinski definition) is 2. The first kappa shape index (κ1) is 11.0. The van der Waals surface area contributed by atoms with Crippen LogP contribution in [0.4, 0.5) is 0 Å². The maximum absolute atomic E-state index is 5.70. The van der Waals surface area contributed by atoms with E-state index in [0.29, 0.717) is 0 Å². The lowest BCUT2D eigenvalue weighted by molar-refractivity contribution is -0.0547. The Kier molecular flexibility index (Phi) is 3.42. The highest BCUT2D eigenvalue weighted by Gasteiger charge is 2.05. The Balaban J connectivity index is 2.25. The van der Waals surface area contributed by atoms with Crippen LogP contribution in [0.2, 0.25) is 0 Å². The average molecular weight is 216 g/mol. The minimum Gasteiger partial charge on any atom is -0.465 e. The van der Waals surface area contributed by atoms with Gasteiger partial charge < -0.3 is 9.47 Å². The van der Waals surface area contributed by atoms with Crippen molar-refractivity contribution in [2.45, 2.75) is 19.6 Å². The lowest BCUT2D eigenvalue weighted by Gasteiger charge is -2.15. The molecule has 0 aliphatic rings. The number of benzene rings is 2. The predicted molar refractivity (Wildman–Crippen MR) is 65.7 cm³/mol. The summed E-state index contributed by atoms with van der Waals surface area (Å²) in [5, 5.41) is 2.41. The monoisotopic (exact) mass is 216 g/mol. The number of rotatable bonds is 4. The van der Waals surface area contributed by atoms with Crippen LogP contribution in [0.3, 0.4) is 0 Å². The molecule has 0 aromatic heterocycles. The molecule has 16 heavy (non-hydrogen) atoms. The molecule has 0 radical (unpaired) electrons. The van der Waals surface area contributed by atoms with Gasteiger partial charge in [-0.05, 0) is 22.9 Å². The van der Waals surface area contributed by atoms with E-state index < -0.39 is 0 Å². The largest absolute Gasteiger partial charge is 0.465 e. The maximum atomic E-state index is 5.70. The van der Waals surface area contributed by atoms with Crippen LogP contribution in [0, 0.1) is 0 Å². The molecule has 0 aliphatic heterocycles. The number of ether oxygens (including phenoxy) is 2. The van der Waals surface area contributed by atoms with Gasteiger partial charge in [-0.15, -0.1) is 0 Å². The first-order valence-electron chi connectivity index (χ1n) is 5.51. The highest BCUT2D eigenvalue weighted by molar-refractivity contribution is 5.83. The number of fused-ring (bicyclic) bond motifs is 1. The number of methoxy groups -OCH3 is 1. The van der Waals surface area contributed by atoms with Crippen LogP contribution in [-0.4, -0.2) is 13.4 Å². The Morgan fingerprint density at radius 2 is 1.81 bits per heavy atom. The van der Waals surface area contributed by atoms with E-state index in [4.69, 9.17) is 9.47 Å². The zero-order chi connectivity index (χ0) is 11.4. The minimum absolute atomic E-state index is 0.166. The highest BCUT2D eigenvalue weighted by Crippen LogP contribution is 2.21. The van der Waals surface area contributed by atoms with Gasteiger partial charge >= 0.3 is 0 Å². The molecule has 1 unspecified atom stereocenters. The summed E-state index contributed by atoms with van der Waals surface area (Å²) in [5.74, 6) is 0.854. The molecular formula is C14H16O2. The van der Waals surface area contributed by atoms with Crippen molar-refractivity contribution >= 4 is 10.8 Å². The lowest BCUT2D eigenvalue weighted by atomic mass is 10.1. The van der Waals surface area contributed by atoms with Gasteiger partial charge in [-0.2, -0.15) is 0 Å². The lowest BCUT2D eigenvalue weighted by Crippen LogP contribution is -2.17. The summed E-state index contributed by atoms with van der Waals surface area (Å²) in [7, 11) is 1.66. The molecule has 2 heteroatoms. The van der Waals surface area contributed by atoms with Gasteiger partial charge in [0.05, 0.1) is 0 Å². The van der Waals surface area contributed by atoms with Crippen LogP contribution in [0.15, 0.2) is 42.5 Å². The molecule has 0 saturated heterocycles. The average Bonchev–Trinajstić information content (AvgIpc) is 2.35. The fraction of sp³-hybridized carbons (Fsp3) is 0.286. The van der Waals surface area contributed by atoms with Gasteiger partial charge in [0.25, 0.3) is 0 Å². The third-order valence-electron chi connectivity index (χ3n) is 2.58. The van der Waals surface area contributed by atoms with E-state index in [1.165, 1.54) is 10.8 Å². The summed E-state index contributed by atoms with van der Waals surface area (Å²) in [6.45, 7) is 2.04. The van der Waals surface area contributed by atoms with Crippen LogP contribution in [0.1, 0.15) is 13.3 Å². The Labute approximate surface area is 95.8 Å². The smallest absolute Gasteiger partial charge is 0.199 e. The van der Waals surface area contributed by atoms with Crippen molar-refractivity contribution in [2.24, 2.45) is 0 Å².